The van der Waals surface area contributed by atoms with E-state index in [4.69, 9.17) is 9.47 Å². The number of aromatic nitrogens is 3. The number of hydrogen-bond acceptors (Lipinski definition) is 7. The number of thiophene rings is 1. The summed E-state index contributed by atoms with van der Waals surface area (Å²) in [5.41, 5.74) is -0.773. The monoisotopic (exact) mass is 459 g/mol. The van der Waals surface area contributed by atoms with Gasteiger partial charge in [0.1, 0.15) is 23.0 Å². The number of pyridine rings is 1. The lowest BCUT2D eigenvalue weighted by Crippen LogP contribution is -2.49. The van der Waals surface area contributed by atoms with Gasteiger partial charge >= 0.3 is 0 Å². The van der Waals surface area contributed by atoms with Crippen LogP contribution < -0.4 is 15.0 Å². The highest BCUT2D eigenvalue weighted by atomic mass is 32.1. The Bertz CT molecular complexity index is 1450. The van der Waals surface area contributed by atoms with Crippen molar-refractivity contribution < 1.29 is 14.6 Å². The fourth-order valence-corrected chi connectivity index (χ4v) is 6.18. The topological polar surface area (TPSA) is 97.3 Å². The van der Waals surface area contributed by atoms with Crippen molar-refractivity contribution in [3.05, 3.63) is 103 Å². The van der Waals surface area contributed by atoms with Gasteiger partial charge in [0.05, 0.1) is 24.3 Å². The summed E-state index contributed by atoms with van der Waals surface area (Å²) < 4.78 is 12.1. The van der Waals surface area contributed by atoms with Crippen LogP contribution in [0.2, 0.25) is 0 Å². The van der Waals surface area contributed by atoms with Crippen molar-refractivity contribution in [2.75, 3.05) is 7.11 Å². The molecule has 0 saturated heterocycles. The van der Waals surface area contributed by atoms with Crippen LogP contribution in [0.3, 0.4) is 0 Å². The Morgan fingerprint density at radius 1 is 1.18 bits per heavy atom. The molecular formula is C25H21N3O4S. The van der Waals surface area contributed by atoms with E-state index in [0.717, 1.165) is 10.4 Å². The minimum atomic E-state index is -1.77. The average Bonchev–Trinajstić information content (AvgIpc) is 3.46. The predicted molar refractivity (Wildman–Crippen MR) is 123 cm³/mol. The molecule has 0 fully saturated rings. The molecule has 7 nitrogen and oxygen atoms in total. The maximum absolute atomic E-state index is 13.4. The highest BCUT2D eigenvalue weighted by Crippen LogP contribution is 2.67. The zero-order chi connectivity index (χ0) is 23.0. The lowest BCUT2D eigenvalue weighted by molar-refractivity contribution is -0.0914. The van der Waals surface area contributed by atoms with E-state index in [0.29, 0.717) is 34.1 Å². The first-order valence-electron chi connectivity index (χ1n) is 10.6. The molecule has 0 radical (unpaired) electrons. The van der Waals surface area contributed by atoms with Crippen LogP contribution in [-0.4, -0.2) is 27.2 Å². The fraction of sp³-hybridized carbons (Fsp3) is 0.240. The molecule has 166 valence electrons. The van der Waals surface area contributed by atoms with Gasteiger partial charge in [-0.25, -0.2) is 4.98 Å². The Labute approximate surface area is 193 Å². The summed E-state index contributed by atoms with van der Waals surface area (Å²) in [7, 11) is 1.60. The molecule has 0 unspecified atom stereocenters. The van der Waals surface area contributed by atoms with E-state index in [1.165, 1.54) is 11.3 Å². The molecule has 1 aliphatic carbocycles. The molecule has 1 aromatic carbocycles. The van der Waals surface area contributed by atoms with Gasteiger partial charge in [-0.2, -0.15) is 0 Å². The van der Waals surface area contributed by atoms with Gasteiger partial charge in [-0.05, 0) is 49.1 Å². The van der Waals surface area contributed by atoms with Gasteiger partial charge in [0, 0.05) is 16.6 Å². The molecule has 33 heavy (non-hydrogen) atoms. The molecular weight excluding hydrogens is 438 g/mol. The average molecular weight is 460 g/mol. The molecule has 0 amide bonds. The van der Waals surface area contributed by atoms with Crippen molar-refractivity contribution in [2.45, 2.75) is 31.0 Å². The SMILES string of the molecule is COc1ccc([C@@]23Oc4cc(C)cnc4[C@]2(O)c2nc(C)[nH]c(=O)c2[C@H]3c2cccs2)cc1. The fourth-order valence-electron chi connectivity index (χ4n) is 5.28. The van der Waals surface area contributed by atoms with Crippen molar-refractivity contribution in [1.29, 1.82) is 0 Å². The first kappa shape index (κ1) is 20.1. The molecule has 3 atom stereocenters. The second-order valence-corrected chi connectivity index (χ2v) is 9.48. The quantitative estimate of drug-likeness (QED) is 0.487. The Balaban J connectivity index is 1.77. The van der Waals surface area contributed by atoms with Gasteiger partial charge < -0.3 is 19.6 Å². The van der Waals surface area contributed by atoms with Gasteiger partial charge in [-0.3, -0.25) is 9.78 Å². The van der Waals surface area contributed by atoms with Crippen molar-refractivity contribution in [3.63, 3.8) is 0 Å². The van der Waals surface area contributed by atoms with Gasteiger partial charge in [0.15, 0.2) is 11.2 Å². The molecule has 1 aliphatic heterocycles. The van der Waals surface area contributed by atoms with Crippen LogP contribution in [0.15, 0.2) is 58.8 Å². The van der Waals surface area contributed by atoms with Crippen LogP contribution in [0.4, 0.5) is 0 Å². The molecule has 0 bridgehead atoms. The minimum absolute atomic E-state index is 0.285. The third-order valence-electron chi connectivity index (χ3n) is 6.60. The number of H-pyrrole nitrogens is 1. The normalized spacial score (nSPS) is 24.7. The van der Waals surface area contributed by atoms with Crippen LogP contribution in [-0.2, 0) is 11.2 Å². The summed E-state index contributed by atoms with van der Waals surface area (Å²) in [5, 5.41) is 14.6. The number of aryl methyl sites for hydroxylation is 2. The lowest BCUT2D eigenvalue weighted by atomic mass is 9.73. The van der Waals surface area contributed by atoms with Crippen molar-refractivity contribution in [1.82, 2.24) is 15.0 Å². The predicted octanol–water partition coefficient (Wildman–Crippen LogP) is 3.52. The number of ether oxygens (including phenoxy) is 2. The van der Waals surface area contributed by atoms with Crippen LogP contribution in [0, 0.1) is 13.8 Å². The van der Waals surface area contributed by atoms with E-state index >= 15 is 0 Å². The molecule has 6 rings (SSSR count). The number of aromatic amines is 1. The second-order valence-electron chi connectivity index (χ2n) is 8.50. The summed E-state index contributed by atoms with van der Waals surface area (Å²) in [4.78, 5) is 26.3. The van der Waals surface area contributed by atoms with Gasteiger partial charge in [-0.1, -0.05) is 18.2 Å². The van der Waals surface area contributed by atoms with Crippen LogP contribution in [0.5, 0.6) is 11.5 Å². The summed E-state index contributed by atoms with van der Waals surface area (Å²) in [5.74, 6) is 0.985. The number of methoxy groups -OCH3 is 1. The summed E-state index contributed by atoms with van der Waals surface area (Å²) in [6.07, 6.45) is 1.70. The molecule has 2 aliphatic rings. The molecule has 2 N–H and O–H groups in total. The molecule has 4 aromatic rings. The first-order chi connectivity index (χ1) is 15.9. The third kappa shape index (κ3) is 2.45. The Morgan fingerprint density at radius 2 is 1.97 bits per heavy atom. The molecule has 0 spiro atoms. The molecule has 3 aromatic heterocycles. The largest absolute Gasteiger partial charge is 0.497 e. The number of aliphatic hydroxyl groups is 1. The smallest absolute Gasteiger partial charge is 0.255 e. The number of hydrogen-bond donors (Lipinski definition) is 2. The van der Waals surface area contributed by atoms with Crippen molar-refractivity contribution >= 4 is 11.3 Å². The van der Waals surface area contributed by atoms with Crippen LogP contribution in [0.1, 0.15) is 44.7 Å². The highest BCUT2D eigenvalue weighted by molar-refractivity contribution is 7.10. The van der Waals surface area contributed by atoms with Crippen LogP contribution in [0.25, 0.3) is 0 Å². The van der Waals surface area contributed by atoms with Gasteiger partial charge in [0.2, 0.25) is 0 Å². The highest BCUT2D eigenvalue weighted by Gasteiger charge is 2.74. The minimum Gasteiger partial charge on any atom is -0.497 e. The first-order valence-corrected chi connectivity index (χ1v) is 11.5. The van der Waals surface area contributed by atoms with Gasteiger partial charge in [0.25, 0.3) is 5.56 Å². The van der Waals surface area contributed by atoms with E-state index in [1.54, 1.807) is 20.2 Å². The van der Waals surface area contributed by atoms with Crippen LogP contribution >= 0.6 is 11.3 Å². The van der Waals surface area contributed by atoms with Crippen molar-refractivity contribution in [2.24, 2.45) is 0 Å². The Morgan fingerprint density at radius 3 is 2.67 bits per heavy atom. The zero-order valence-electron chi connectivity index (χ0n) is 18.2. The Hall–Kier alpha value is -3.49. The zero-order valence-corrected chi connectivity index (χ0v) is 19.1. The number of benzene rings is 1. The van der Waals surface area contributed by atoms with E-state index < -0.39 is 17.1 Å². The third-order valence-corrected chi connectivity index (χ3v) is 7.54. The molecule has 8 heteroatoms. The molecule has 0 saturated carbocycles. The van der Waals surface area contributed by atoms with E-state index in [9.17, 15) is 9.90 Å². The number of fused-ring (bicyclic) bond motifs is 5. The summed E-state index contributed by atoms with van der Waals surface area (Å²) in [6.45, 7) is 3.63. The standard InChI is InChI=1S/C25H21N3O4S/c1-13-11-17-21(26-12-13)24(30)22-19(23(29)28-14(2)27-22)20(18-5-4-10-33-18)25(24,32-17)15-6-8-16(31-3)9-7-15/h4-12,20,30H,1-3H3,(H,27,28,29)/t20-,24+,25+/m1/s1. The van der Waals surface area contributed by atoms with Gasteiger partial charge in [-0.15, -0.1) is 11.3 Å². The number of nitrogens with one attached hydrogen (secondary N) is 1. The maximum atomic E-state index is 13.4. The van der Waals surface area contributed by atoms with Crippen molar-refractivity contribution in [3.8, 4) is 11.5 Å². The van der Waals surface area contributed by atoms with E-state index in [1.807, 2.05) is 54.8 Å². The number of nitrogens with zero attached hydrogens (tertiary/aromatic N) is 2. The second kappa shape index (κ2) is 6.76. The lowest BCUT2D eigenvalue weighted by Gasteiger charge is -2.39. The van der Waals surface area contributed by atoms with E-state index in [-0.39, 0.29) is 11.3 Å². The maximum Gasteiger partial charge on any atom is 0.255 e. The Kier molecular flexibility index (Phi) is 4.12. The number of rotatable bonds is 3. The molecule has 4 heterocycles. The summed E-state index contributed by atoms with van der Waals surface area (Å²) >= 11 is 1.51. The summed E-state index contributed by atoms with van der Waals surface area (Å²) in [6, 6.07) is 13.2. The van der Waals surface area contributed by atoms with E-state index in [2.05, 4.69) is 15.0 Å².